The number of rotatable bonds is 4. The molecule has 3 aromatic carbocycles. The summed E-state index contributed by atoms with van der Waals surface area (Å²) in [6.45, 7) is 0.930. The molecule has 12 heteroatoms. The number of hydrogen-bond donors (Lipinski definition) is 0. The van der Waals surface area contributed by atoms with Crippen LogP contribution < -0.4 is 4.90 Å². The van der Waals surface area contributed by atoms with Gasteiger partial charge in [-0.15, -0.1) is 0 Å². The minimum atomic E-state index is -4.61. The second-order valence-corrected chi connectivity index (χ2v) is 10.9. The molecule has 0 aliphatic carbocycles. The minimum Gasteiger partial charge on any atom is -0.368 e. The van der Waals surface area contributed by atoms with Crippen LogP contribution in [0.4, 0.5) is 32.0 Å². The third kappa shape index (κ3) is 5.95. The number of halogens is 6. The summed E-state index contributed by atoms with van der Waals surface area (Å²) in [7, 11) is -3.72. The van der Waals surface area contributed by atoms with Crippen molar-refractivity contribution in [1.82, 2.24) is 4.90 Å². The summed E-state index contributed by atoms with van der Waals surface area (Å²) in [5.74, 6) is -0.560. The molecule has 3 aromatic rings. The first-order chi connectivity index (χ1) is 17.6. The molecule has 1 amide bonds. The van der Waals surface area contributed by atoms with Gasteiger partial charge in [0.05, 0.1) is 16.0 Å². The number of carbonyl (C=O) groups excluding carboxylic acids is 1. The highest BCUT2D eigenvalue weighted by Gasteiger charge is 2.32. The fourth-order valence-electron chi connectivity index (χ4n) is 4.25. The molecule has 1 fully saturated rings. The van der Waals surface area contributed by atoms with Gasteiger partial charge in [0, 0.05) is 43.7 Å². The molecule has 0 aromatic heterocycles. The van der Waals surface area contributed by atoms with Crippen molar-refractivity contribution in [2.24, 2.45) is 0 Å². The van der Waals surface area contributed by atoms with Crippen molar-refractivity contribution < 1.29 is 39.6 Å². The standard InChI is InChI=1S/C26H22F6N2O3S/c1-38(36,37)21-9-10-22(17-3-2-4-19(15-17)26(30,31)32)23(16-21)24(35)34-13-11-33(12-14-34)20-7-5-18(6-8-20)25(27,28)29/h2-10,15-16H,11-14H2,1H3. The molecule has 1 heterocycles. The number of nitrogens with zero attached hydrogens (tertiary/aromatic N) is 2. The van der Waals surface area contributed by atoms with E-state index < -0.39 is 39.2 Å². The molecule has 202 valence electrons. The Balaban J connectivity index is 1.61. The lowest BCUT2D eigenvalue weighted by atomic mass is 9.97. The van der Waals surface area contributed by atoms with E-state index in [4.69, 9.17) is 0 Å². The van der Waals surface area contributed by atoms with Crippen LogP contribution in [-0.2, 0) is 22.2 Å². The lowest BCUT2D eigenvalue weighted by molar-refractivity contribution is -0.138. The van der Waals surface area contributed by atoms with Gasteiger partial charge in [0.25, 0.3) is 5.91 Å². The Labute approximate surface area is 215 Å². The smallest absolute Gasteiger partial charge is 0.368 e. The van der Waals surface area contributed by atoms with Crippen LogP contribution in [0.2, 0.25) is 0 Å². The quantitative estimate of drug-likeness (QED) is 0.384. The Kier molecular flexibility index (Phi) is 7.21. The van der Waals surface area contributed by atoms with E-state index in [1.54, 1.807) is 0 Å². The van der Waals surface area contributed by atoms with E-state index in [0.29, 0.717) is 18.8 Å². The van der Waals surface area contributed by atoms with Gasteiger partial charge in [-0.2, -0.15) is 26.3 Å². The zero-order valence-corrected chi connectivity index (χ0v) is 20.8. The van der Waals surface area contributed by atoms with Crippen LogP contribution in [0.5, 0.6) is 0 Å². The average Bonchev–Trinajstić information content (AvgIpc) is 2.86. The number of piperazine rings is 1. The summed E-state index contributed by atoms with van der Waals surface area (Å²) in [5.41, 5.74) is -0.942. The van der Waals surface area contributed by atoms with Gasteiger partial charge < -0.3 is 9.80 Å². The fourth-order valence-corrected chi connectivity index (χ4v) is 4.89. The summed E-state index contributed by atoms with van der Waals surface area (Å²) in [6.07, 6.45) is -8.10. The lowest BCUT2D eigenvalue weighted by Gasteiger charge is -2.36. The summed E-state index contributed by atoms with van der Waals surface area (Å²) in [4.78, 5) is 16.6. The molecule has 0 radical (unpaired) electrons. The normalized spacial score (nSPS) is 15.0. The molecule has 0 saturated carbocycles. The van der Waals surface area contributed by atoms with Crippen LogP contribution >= 0.6 is 0 Å². The van der Waals surface area contributed by atoms with Crippen LogP contribution in [0.3, 0.4) is 0 Å². The van der Waals surface area contributed by atoms with E-state index in [2.05, 4.69) is 0 Å². The van der Waals surface area contributed by atoms with Crippen molar-refractivity contribution in [3.8, 4) is 11.1 Å². The first-order valence-electron chi connectivity index (χ1n) is 11.4. The minimum absolute atomic E-state index is 0.0600. The zero-order valence-electron chi connectivity index (χ0n) is 20.0. The fraction of sp³-hybridized carbons (Fsp3) is 0.269. The Hall–Kier alpha value is -3.54. The third-order valence-electron chi connectivity index (χ3n) is 6.28. The summed E-state index contributed by atoms with van der Waals surface area (Å²) >= 11 is 0. The highest BCUT2D eigenvalue weighted by atomic mass is 32.2. The average molecular weight is 557 g/mol. The molecule has 4 rings (SSSR count). The number of alkyl halides is 6. The van der Waals surface area contributed by atoms with E-state index in [-0.39, 0.29) is 34.7 Å². The van der Waals surface area contributed by atoms with E-state index >= 15 is 0 Å². The summed E-state index contributed by atoms with van der Waals surface area (Å²) < 4.78 is 103. The summed E-state index contributed by atoms with van der Waals surface area (Å²) in [5, 5.41) is 0. The Morgan fingerprint density at radius 3 is 1.92 bits per heavy atom. The highest BCUT2D eigenvalue weighted by Crippen LogP contribution is 2.35. The number of carbonyl (C=O) groups is 1. The number of sulfone groups is 1. The molecule has 1 aliphatic rings. The van der Waals surface area contributed by atoms with Gasteiger partial charge in [0.1, 0.15) is 0 Å². The van der Waals surface area contributed by atoms with Crippen LogP contribution in [0, 0.1) is 0 Å². The molecule has 0 unspecified atom stereocenters. The van der Waals surface area contributed by atoms with Crippen LogP contribution in [0.25, 0.3) is 11.1 Å². The Bertz CT molecular complexity index is 1440. The first-order valence-corrected chi connectivity index (χ1v) is 13.3. The van der Waals surface area contributed by atoms with Crippen LogP contribution in [0.15, 0.2) is 71.6 Å². The number of benzene rings is 3. The third-order valence-corrected chi connectivity index (χ3v) is 7.39. The Morgan fingerprint density at radius 1 is 0.763 bits per heavy atom. The second kappa shape index (κ2) is 9.97. The van der Waals surface area contributed by atoms with E-state index in [9.17, 15) is 39.6 Å². The van der Waals surface area contributed by atoms with Gasteiger partial charge in [0.15, 0.2) is 9.84 Å². The van der Waals surface area contributed by atoms with Crippen LogP contribution in [-0.4, -0.2) is 51.7 Å². The molecule has 0 N–H and O–H groups in total. The largest absolute Gasteiger partial charge is 0.416 e. The maximum absolute atomic E-state index is 13.5. The molecule has 1 saturated heterocycles. The second-order valence-electron chi connectivity index (χ2n) is 8.88. The lowest BCUT2D eigenvalue weighted by Crippen LogP contribution is -2.49. The molecule has 1 aliphatic heterocycles. The van der Waals surface area contributed by atoms with Gasteiger partial charge in [-0.25, -0.2) is 8.42 Å². The topological polar surface area (TPSA) is 57.7 Å². The van der Waals surface area contributed by atoms with E-state index in [0.717, 1.165) is 36.6 Å². The molecule has 38 heavy (non-hydrogen) atoms. The van der Waals surface area contributed by atoms with Gasteiger partial charge >= 0.3 is 12.4 Å². The number of anilines is 1. The maximum atomic E-state index is 13.5. The molecule has 0 atom stereocenters. The van der Waals surface area contributed by atoms with Crippen molar-refractivity contribution in [1.29, 1.82) is 0 Å². The predicted octanol–water partition coefficient (Wildman–Crippen LogP) is 5.76. The van der Waals surface area contributed by atoms with Crippen molar-refractivity contribution in [2.75, 3.05) is 37.3 Å². The van der Waals surface area contributed by atoms with Gasteiger partial charge in [-0.3, -0.25) is 4.79 Å². The van der Waals surface area contributed by atoms with Gasteiger partial charge in [0.2, 0.25) is 0 Å². The van der Waals surface area contributed by atoms with E-state index in [1.807, 2.05) is 4.90 Å². The summed E-state index contributed by atoms with van der Waals surface area (Å²) in [6, 6.07) is 12.8. The zero-order chi connectivity index (χ0) is 27.9. The monoisotopic (exact) mass is 556 g/mol. The van der Waals surface area contributed by atoms with Gasteiger partial charge in [-0.05, 0) is 59.7 Å². The highest BCUT2D eigenvalue weighted by molar-refractivity contribution is 7.90. The van der Waals surface area contributed by atoms with Crippen molar-refractivity contribution in [3.63, 3.8) is 0 Å². The molecule has 0 spiro atoms. The van der Waals surface area contributed by atoms with Crippen molar-refractivity contribution in [2.45, 2.75) is 17.2 Å². The molecular formula is C26H22F6N2O3S. The number of hydrogen-bond acceptors (Lipinski definition) is 4. The van der Waals surface area contributed by atoms with E-state index in [1.165, 1.54) is 41.3 Å². The molecule has 0 bridgehead atoms. The number of amides is 1. The van der Waals surface area contributed by atoms with Gasteiger partial charge in [-0.1, -0.05) is 18.2 Å². The Morgan fingerprint density at radius 2 is 1.37 bits per heavy atom. The maximum Gasteiger partial charge on any atom is 0.416 e. The SMILES string of the molecule is CS(=O)(=O)c1ccc(-c2cccc(C(F)(F)F)c2)c(C(=O)N2CCN(c3ccc(C(F)(F)F)cc3)CC2)c1. The van der Waals surface area contributed by atoms with Crippen molar-refractivity contribution >= 4 is 21.4 Å². The first kappa shape index (κ1) is 27.5. The molecule has 5 nitrogen and oxygen atoms in total. The molecular weight excluding hydrogens is 534 g/mol. The van der Waals surface area contributed by atoms with Crippen LogP contribution in [0.1, 0.15) is 21.5 Å². The van der Waals surface area contributed by atoms with Crippen molar-refractivity contribution in [3.05, 3.63) is 83.4 Å². The predicted molar refractivity (Wildman–Crippen MR) is 130 cm³/mol.